The SMILES string of the molecule is COc1ccc(NC(=O)c2ccc(F)c(S)c2)c(OC)c1. The van der Waals surface area contributed by atoms with Gasteiger partial charge in [0.05, 0.1) is 19.9 Å². The molecule has 0 fully saturated rings. The van der Waals surface area contributed by atoms with Gasteiger partial charge < -0.3 is 14.8 Å². The summed E-state index contributed by atoms with van der Waals surface area (Å²) in [6.07, 6.45) is 0. The van der Waals surface area contributed by atoms with Crippen molar-refractivity contribution in [2.75, 3.05) is 19.5 Å². The fourth-order valence-corrected chi connectivity index (χ4v) is 1.96. The number of rotatable bonds is 4. The number of anilines is 1. The van der Waals surface area contributed by atoms with Crippen molar-refractivity contribution in [3.63, 3.8) is 0 Å². The van der Waals surface area contributed by atoms with E-state index in [9.17, 15) is 9.18 Å². The number of halogens is 1. The quantitative estimate of drug-likeness (QED) is 0.851. The molecule has 2 rings (SSSR count). The number of carbonyl (C=O) groups is 1. The van der Waals surface area contributed by atoms with Crippen molar-refractivity contribution < 1.29 is 18.7 Å². The minimum absolute atomic E-state index is 0.115. The van der Waals surface area contributed by atoms with E-state index in [0.29, 0.717) is 22.7 Å². The lowest BCUT2D eigenvalue weighted by Gasteiger charge is -2.12. The number of amides is 1. The molecular weight excluding hydrogens is 293 g/mol. The van der Waals surface area contributed by atoms with Crippen LogP contribution in [0.1, 0.15) is 10.4 Å². The van der Waals surface area contributed by atoms with Crippen LogP contribution in [0.3, 0.4) is 0 Å². The Labute approximate surface area is 127 Å². The molecule has 0 radical (unpaired) electrons. The van der Waals surface area contributed by atoms with Gasteiger partial charge in [-0.15, -0.1) is 12.6 Å². The van der Waals surface area contributed by atoms with E-state index in [4.69, 9.17) is 9.47 Å². The number of thiol groups is 1. The largest absolute Gasteiger partial charge is 0.497 e. The third-order valence-corrected chi connectivity index (χ3v) is 3.21. The molecule has 0 saturated carbocycles. The Bertz CT molecular complexity index is 676. The minimum Gasteiger partial charge on any atom is -0.497 e. The predicted octanol–water partition coefficient (Wildman–Crippen LogP) is 3.38. The summed E-state index contributed by atoms with van der Waals surface area (Å²) in [5.41, 5.74) is 0.799. The van der Waals surface area contributed by atoms with Gasteiger partial charge in [0, 0.05) is 16.5 Å². The van der Waals surface area contributed by atoms with Gasteiger partial charge in [0.15, 0.2) is 0 Å². The van der Waals surface area contributed by atoms with Crippen LogP contribution in [-0.2, 0) is 0 Å². The lowest BCUT2D eigenvalue weighted by molar-refractivity contribution is 0.102. The summed E-state index contributed by atoms with van der Waals surface area (Å²) in [4.78, 5) is 12.3. The highest BCUT2D eigenvalue weighted by Crippen LogP contribution is 2.29. The highest BCUT2D eigenvalue weighted by atomic mass is 32.1. The topological polar surface area (TPSA) is 47.6 Å². The molecular formula is C15H14FNO3S. The van der Waals surface area contributed by atoms with E-state index in [1.165, 1.54) is 25.3 Å². The Morgan fingerprint density at radius 1 is 1.14 bits per heavy atom. The Balaban J connectivity index is 2.24. The van der Waals surface area contributed by atoms with Crippen LogP contribution in [0.4, 0.5) is 10.1 Å². The van der Waals surface area contributed by atoms with Crippen LogP contribution in [-0.4, -0.2) is 20.1 Å². The van der Waals surface area contributed by atoms with Crippen molar-refractivity contribution in [3.05, 3.63) is 47.8 Å². The van der Waals surface area contributed by atoms with Gasteiger partial charge in [0.2, 0.25) is 0 Å². The van der Waals surface area contributed by atoms with Gasteiger partial charge in [-0.2, -0.15) is 0 Å². The van der Waals surface area contributed by atoms with Gasteiger partial charge in [-0.3, -0.25) is 4.79 Å². The summed E-state index contributed by atoms with van der Waals surface area (Å²) in [5.74, 6) is 0.228. The van der Waals surface area contributed by atoms with Crippen LogP contribution in [0.15, 0.2) is 41.3 Å². The average Bonchev–Trinajstić information content (AvgIpc) is 2.50. The Morgan fingerprint density at radius 2 is 1.90 bits per heavy atom. The lowest BCUT2D eigenvalue weighted by Crippen LogP contribution is -2.12. The Morgan fingerprint density at radius 3 is 2.52 bits per heavy atom. The predicted molar refractivity (Wildman–Crippen MR) is 81.2 cm³/mol. The molecule has 0 aliphatic rings. The summed E-state index contributed by atoms with van der Waals surface area (Å²) in [6, 6.07) is 8.98. The van der Waals surface area contributed by atoms with Crippen molar-refractivity contribution in [1.82, 2.24) is 0 Å². The molecule has 4 nitrogen and oxygen atoms in total. The number of methoxy groups -OCH3 is 2. The zero-order chi connectivity index (χ0) is 15.4. The molecule has 0 spiro atoms. The third-order valence-electron chi connectivity index (χ3n) is 2.87. The molecule has 0 unspecified atom stereocenters. The van der Waals surface area contributed by atoms with E-state index < -0.39 is 5.82 Å². The first-order valence-corrected chi connectivity index (χ1v) is 6.51. The maximum atomic E-state index is 13.1. The van der Waals surface area contributed by atoms with Crippen LogP contribution in [0.5, 0.6) is 11.5 Å². The van der Waals surface area contributed by atoms with Crippen LogP contribution >= 0.6 is 12.6 Å². The second-order valence-electron chi connectivity index (χ2n) is 4.19. The molecule has 0 atom stereocenters. The van der Waals surface area contributed by atoms with Crippen molar-refractivity contribution in [2.24, 2.45) is 0 Å². The number of hydrogen-bond donors (Lipinski definition) is 2. The lowest BCUT2D eigenvalue weighted by atomic mass is 10.2. The average molecular weight is 307 g/mol. The normalized spacial score (nSPS) is 10.1. The molecule has 0 saturated heterocycles. The van der Waals surface area contributed by atoms with Crippen molar-refractivity contribution in [2.45, 2.75) is 4.90 Å². The maximum absolute atomic E-state index is 13.1. The Kier molecular flexibility index (Phi) is 4.70. The molecule has 6 heteroatoms. The van der Waals surface area contributed by atoms with E-state index in [1.54, 1.807) is 25.3 Å². The van der Waals surface area contributed by atoms with Gasteiger partial charge in [-0.05, 0) is 30.3 Å². The fourth-order valence-electron chi connectivity index (χ4n) is 1.75. The number of benzene rings is 2. The second kappa shape index (κ2) is 6.49. The zero-order valence-corrected chi connectivity index (χ0v) is 12.4. The molecule has 2 aromatic carbocycles. The van der Waals surface area contributed by atoms with Gasteiger partial charge in [-0.1, -0.05) is 0 Å². The standard InChI is InChI=1S/C15H14FNO3S/c1-19-10-4-6-12(13(8-10)20-2)17-15(18)9-3-5-11(16)14(21)7-9/h3-8,21H,1-2H3,(H,17,18). The number of nitrogens with one attached hydrogen (secondary N) is 1. The number of ether oxygens (including phenoxy) is 2. The second-order valence-corrected chi connectivity index (χ2v) is 4.67. The van der Waals surface area contributed by atoms with E-state index in [-0.39, 0.29) is 10.8 Å². The summed E-state index contributed by atoms with van der Waals surface area (Å²) in [6.45, 7) is 0. The van der Waals surface area contributed by atoms with Gasteiger partial charge in [0.25, 0.3) is 5.91 Å². The first-order valence-electron chi connectivity index (χ1n) is 6.07. The summed E-state index contributed by atoms with van der Waals surface area (Å²) in [7, 11) is 3.04. The van der Waals surface area contributed by atoms with E-state index in [0.717, 1.165) is 0 Å². The van der Waals surface area contributed by atoms with E-state index in [1.807, 2.05) is 0 Å². The molecule has 110 valence electrons. The molecule has 0 aliphatic carbocycles. The van der Waals surface area contributed by atoms with Crippen LogP contribution in [0, 0.1) is 5.82 Å². The zero-order valence-electron chi connectivity index (χ0n) is 11.5. The maximum Gasteiger partial charge on any atom is 0.255 e. The monoisotopic (exact) mass is 307 g/mol. The molecule has 0 aliphatic heterocycles. The molecule has 0 aromatic heterocycles. The van der Waals surface area contributed by atoms with Crippen LogP contribution in [0.25, 0.3) is 0 Å². The van der Waals surface area contributed by atoms with Gasteiger partial charge in [-0.25, -0.2) is 4.39 Å². The fraction of sp³-hybridized carbons (Fsp3) is 0.133. The first kappa shape index (κ1) is 15.2. The molecule has 1 N–H and O–H groups in total. The third kappa shape index (κ3) is 3.46. The molecule has 0 bridgehead atoms. The number of carbonyl (C=O) groups excluding carboxylic acids is 1. The van der Waals surface area contributed by atoms with Crippen molar-refractivity contribution >= 4 is 24.2 Å². The van der Waals surface area contributed by atoms with Crippen LogP contribution < -0.4 is 14.8 Å². The molecule has 21 heavy (non-hydrogen) atoms. The highest BCUT2D eigenvalue weighted by molar-refractivity contribution is 7.80. The van der Waals surface area contributed by atoms with E-state index in [2.05, 4.69) is 17.9 Å². The summed E-state index contributed by atoms with van der Waals surface area (Å²) >= 11 is 3.96. The molecule has 2 aromatic rings. The van der Waals surface area contributed by atoms with Crippen LogP contribution in [0.2, 0.25) is 0 Å². The summed E-state index contributed by atoms with van der Waals surface area (Å²) in [5, 5.41) is 2.70. The van der Waals surface area contributed by atoms with E-state index >= 15 is 0 Å². The first-order chi connectivity index (χ1) is 10.0. The minimum atomic E-state index is -0.475. The van der Waals surface area contributed by atoms with Gasteiger partial charge in [0.1, 0.15) is 17.3 Å². The van der Waals surface area contributed by atoms with Gasteiger partial charge >= 0.3 is 0 Å². The van der Waals surface area contributed by atoms with Crippen molar-refractivity contribution in [3.8, 4) is 11.5 Å². The Hall–Kier alpha value is -2.21. The molecule has 0 heterocycles. The smallest absolute Gasteiger partial charge is 0.255 e. The van der Waals surface area contributed by atoms with Crippen molar-refractivity contribution in [1.29, 1.82) is 0 Å². The molecule has 1 amide bonds. The number of hydrogen-bond acceptors (Lipinski definition) is 4. The highest BCUT2D eigenvalue weighted by Gasteiger charge is 2.12. The summed E-state index contributed by atoms with van der Waals surface area (Å²) < 4.78 is 23.4.